The summed E-state index contributed by atoms with van der Waals surface area (Å²) in [5.41, 5.74) is 1.49. The van der Waals surface area contributed by atoms with Crippen molar-refractivity contribution in [2.24, 2.45) is 5.92 Å². The highest BCUT2D eigenvalue weighted by molar-refractivity contribution is 6.09. The minimum atomic E-state index is 0.0891. The number of Topliss-reactive ketones (excluding diaryl/α,β-unsaturated/α-hetero) is 1. The zero-order valence-electron chi connectivity index (χ0n) is 12.4. The molecule has 1 aliphatic heterocycles. The van der Waals surface area contributed by atoms with Gasteiger partial charge in [0.2, 0.25) is 5.91 Å². The molecule has 1 heterocycles. The molecule has 0 radical (unpaired) electrons. The van der Waals surface area contributed by atoms with E-state index in [1.54, 1.807) is 0 Å². The summed E-state index contributed by atoms with van der Waals surface area (Å²) in [5, 5.41) is 0. The van der Waals surface area contributed by atoms with Crippen molar-refractivity contribution in [3.8, 4) is 0 Å². The summed E-state index contributed by atoms with van der Waals surface area (Å²) in [4.78, 5) is 26.5. The normalized spacial score (nSPS) is 14.6. The number of para-hydroxylation sites is 1. The third-order valence-electron chi connectivity index (χ3n) is 3.95. The number of carbonyl (C=O) groups is 2. The summed E-state index contributed by atoms with van der Waals surface area (Å²) in [7, 11) is 0. The predicted molar refractivity (Wildman–Crippen MR) is 81.0 cm³/mol. The van der Waals surface area contributed by atoms with E-state index in [1.807, 2.05) is 29.2 Å². The topological polar surface area (TPSA) is 37.4 Å². The fraction of sp³-hybridized carbons (Fsp3) is 0.529. The molecular formula is C17H23NO2. The quantitative estimate of drug-likeness (QED) is 0.817. The van der Waals surface area contributed by atoms with Crippen LogP contribution in [0.15, 0.2) is 24.3 Å². The molecule has 0 unspecified atom stereocenters. The maximum absolute atomic E-state index is 12.8. The van der Waals surface area contributed by atoms with Gasteiger partial charge >= 0.3 is 0 Å². The Hall–Kier alpha value is -1.64. The molecule has 2 rings (SSSR count). The molecule has 0 saturated carbocycles. The molecule has 0 aromatic heterocycles. The van der Waals surface area contributed by atoms with E-state index in [9.17, 15) is 9.59 Å². The van der Waals surface area contributed by atoms with Crippen LogP contribution in [0, 0.1) is 5.92 Å². The van der Waals surface area contributed by atoms with Crippen molar-refractivity contribution in [1.82, 2.24) is 0 Å². The lowest BCUT2D eigenvalue weighted by atomic mass is 9.93. The smallest absolute Gasteiger partial charge is 0.230 e. The van der Waals surface area contributed by atoms with Crippen molar-refractivity contribution in [3.63, 3.8) is 0 Å². The number of fused-ring (bicyclic) bond motifs is 1. The van der Waals surface area contributed by atoms with Crippen molar-refractivity contribution in [2.45, 2.75) is 46.0 Å². The summed E-state index contributed by atoms with van der Waals surface area (Å²) in [5.74, 6) is 0.423. The van der Waals surface area contributed by atoms with Crippen LogP contribution in [0.4, 0.5) is 5.69 Å². The van der Waals surface area contributed by atoms with Gasteiger partial charge in [0.25, 0.3) is 0 Å². The Morgan fingerprint density at radius 2 is 1.85 bits per heavy atom. The zero-order valence-corrected chi connectivity index (χ0v) is 12.4. The number of anilines is 1. The van der Waals surface area contributed by atoms with E-state index in [0.717, 1.165) is 31.4 Å². The third kappa shape index (κ3) is 2.92. The number of hydrogen-bond donors (Lipinski definition) is 0. The number of rotatable bonds is 5. The van der Waals surface area contributed by atoms with Gasteiger partial charge in [0.05, 0.1) is 5.69 Å². The lowest BCUT2D eigenvalue weighted by molar-refractivity contribution is -0.122. The van der Waals surface area contributed by atoms with E-state index < -0.39 is 0 Å². The van der Waals surface area contributed by atoms with Crippen molar-refractivity contribution >= 4 is 17.4 Å². The number of nitrogens with zero attached hydrogens (tertiary/aromatic N) is 1. The van der Waals surface area contributed by atoms with Gasteiger partial charge in [0.1, 0.15) is 0 Å². The highest BCUT2D eigenvalue weighted by atomic mass is 16.2. The van der Waals surface area contributed by atoms with Gasteiger partial charge in [0, 0.05) is 24.4 Å². The summed E-state index contributed by atoms with van der Waals surface area (Å²) >= 11 is 0. The standard InChI is InChI=1S/C17H23NO2/c1-3-7-13(8-4-2)17(20)18-12-11-16(19)14-9-5-6-10-15(14)18/h5-6,9-10,13H,3-4,7-8,11-12H2,1-2H3. The molecule has 0 aliphatic carbocycles. The highest BCUT2D eigenvalue weighted by Gasteiger charge is 2.30. The maximum Gasteiger partial charge on any atom is 0.230 e. The number of hydrogen-bond acceptors (Lipinski definition) is 2. The second-order valence-corrected chi connectivity index (χ2v) is 5.45. The van der Waals surface area contributed by atoms with Crippen LogP contribution in [0.1, 0.15) is 56.3 Å². The van der Waals surface area contributed by atoms with Crippen LogP contribution in [0.5, 0.6) is 0 Å². The van der Waals surface area contributed by atoms with Gasteiger partial charge in [-0.3, -0.25) is 9.59 Å². The monoisotopic (exact) mass is 273 g/mol. The molecule has 3 nitrogen and oxygen atoms in total. The Labute approximate surface area is 121 Å². The number of ketones is 1. The van der Waals surface area contributed by atoms with Gasteiger partial charge in [-0.15, -0.1) is 0 Å². The van der Waals surface area contributed by atoms with Gasteiger partial charge in [-0.25, -0.2) is 0 Å². The van der Waals surface area contributed by atoms with Gasteiger partial charge in [0.15, 0.2) is 5.78 Å². The fourth-order valence-electron chi connectivity index (χ4n) is 2.95. The van der Waals surface area contributed by atoms with Crippen LogP contribution < -0.4 is 4.90 Å². The molecule has 1 aromatic carbocycles. The lowest BCUT2D eigenvalue weighted by Crippen LogP contribution is -2.41. The molecule has 0 bridgehead atoms. The van der Waals surface area contributed by atoms with E-state index in [2.05, 4.69) is 13.8 Å². The van der Waals surface area contributed by atoms with Gasteiger partial charge in [-0.1, -0.05) is 38.8 Å². The SMILES string of the molecule is CCCC(CCC)C(=O)N1CCC(=O)c2ccccc21. The first-order valence-electron chi connectivity index (χ1n) is 7.62. The molecule has 0 saturated heterocycles. The molecule has 1 aliphatic rings. The van der Waals surface area contributed by atoms with E-state index in [1.165, 1.54) is 0 Å². The molecule has 1 amide bonds. The van der Waals surface area contributed by atoms with Crippen LogP contribution in [0.2, 0.25) is 0 Å². The van der Waals surface area contributed by atoms with Crippen molar-refractivity contribution in [2.75, 3.05) is 11.4 Å². The summed E-state index contributed by atoms with van der Waals surface area (Å²) in [6, 6.07) is 7.47. The van der Waals surface area contributed by atoms with Gasteiger partial charge in [-0.2, -0.15) is 0 Å². The van der Waals surface area contributed by atoms with Gasteiger partial charge < -0.3 is 4.90 Å². The molecule has 3 heteroatoms. The van der Waals surface area contributed by atoms with Crippen LogP contribution in [0.25, 0.3) is 0 Å². The molecule has 0 atom stereocenters. The van der Waals surface area contributed by atoms with E-state index >= 15 is 0 Å². The first-order valence-corrected chi connectivity index (χ1v) is 7.62. The Balaban J connectivity index is 2.26. The second-order valence-electron chi connectivity index (χ2n) is 5.45. The molecular weight excluding hydrogens is 250 g/mol. The molecule has 0 fully saturated rings. The molecule has 0 spiro atoms. The van der Waals surface area contributed by atoms with E-state index in [-0.39, 0.29) is 17.6 Å². The lowest BCUT2D eigenvalue weighted by Gasteiger charge is -2.31. The van der Waals surface area contributed by atoms with Crippen LogP contribution in [0.3, 0.4) is 0 Å². The highest BCUT2D eigenvalue weighted by Crippen LogP contribution is 2.29. The second kappa shape index (κ2) is 6.69. The molecule has 20 heavy (non-hydrogen) atoms. The van der Waals surface area contributed by atoms with Gasteiger partial charge in [-0.05, 0) is 25.0 Å². The average Bonchev–Trinajstić information content (AvgIpc) is 2.47. The summed E-state index contributed by atoms with van der Waals surface area (Å²) < 4.78 is 0. The first kappa shape index (κ1) is 14.8. The summed E-state index contributed by atoms with van der Waals surface area (Å²) in [6.07, 6.45) is 4.34. The largest absolute Gasteiger partial charge is 0.311 e. The zero-order chi connectivity index (χ0) is 14.5. The fourth-order valence-corrected chi connectivity index (χ4v) is 2.95. The Morgan fingerprint density at radius 1 is 1.20 bits per heavy atom. The minimum Gasteiger partial charge on any atom is -0.311 e. The van der Waals surface area contributed by atoms with E-state index in [4.69, 9.17) is 0 Å². The minimum absolute atomic E-state index is 0.0891. The third-order valence-corrected chi connectivity index (χ3v) is 3.95. The number of benzene rings is 1. The average molecular weight is 273 g/mol. The summed E-state index contributed by atoms with van der Waals surface area (Å²) in [6.45, 7) is 4.76. The number of amides is 1. The van der Waals surface area contributed by atoms with Crippen LogP contribution in [-0.4, -0.2) is 18.2 Å². The van der Waals surface area contributed by atoms with Crippen molar-refractivity contribution in [3.05, 3.63) is 29.8 Å². The number of carbonyl (C=O) groups excluding carboxylic acids is 2. The van der Waals surface area contributed by atoms with E-state index in [0.29, 0.717) is 18.5 Å². The Kier molecular flexibility index (Phi) is 4.94. The van der Waals surface area contributed by atoms with Crippen LogP contribution in [-0.2, 0) is 4.79 Å². The van der Waals surface area contributed by atoms with Crippen LogP contribution >= 0.6 is 0 Å². The molecule has 108 valence electrons. The molecule has 1 aromatic rings. The Bertz CT molecular complexity index is 490. The van der Waals surface area contributed by atoms with Crippen molar-refractivity contribution < 1.29 is 9.59 Å². The Morgan fingerprint density at radius 3 is 2.50 bits per heavy atom. The maximum atomic E-state index is 12.8. The first-order chi connectivity index (χ1) is 9.69. The predicted octanol–water partition coefficient (Wildman–Crippen LogP) is 3.82. The molecule has 0 N–H and O–H groups in total. The van der Waals surface area contributed by atoms with Crippen molar-refractivity contribution in [1.29, 1.82) is 0 Å².